The Balaban J connectivity index is 4.96. The zero-order valence-corrected chi connectivity index (χ0v) is 14.4. The number of hydrogen-bond acceptors (Lipinski definition) is 3. The van der Waals surface area contributed by atoms with E-state index in [0.717, 1.165) is 25.7 Å². The van der Waals surface area contributed by atoms with Crippen molar-refractivity contribution in [2.45, 2.75) is 53.4 Å². The van der Waals surface area contributed by atoms with Gasteiger partial charge in [0.1, 0.15) is 0 Å². The minimum Gasteiger partial charge on any atom is -0.342 e. The van der Waals surface area contributed by atoms with E-state index in [0.29, 0.717) is 19.6 Å². The molecule has 0 aliphatic carbocycles. The lowest BCUT2D eigenvalue weighted by molar-refractivity contribution is -0.146. The van der Waals surface area contributed by atoms with E-state index in [9.17, 15) is 9.59 Å². The predicted octanol–water partition coefficient (Wildman–Crippen LogP) is 1.86. The van der Waals surface area contributed by atoms with E-state index in [1.807, 2.05) is 13.8 Å². The van der Waals surface area contributed by atoms with Gasteiger partial charge in [-0.25, -0.2) is 0 Å². The number of nitrogens with zero attached hydrogens (tertiary/aromatic N) is 2. The second-order valence-corrected chi connectivity index (χ2v) is 5.71. The van der Waals surface area contributed by atoms with Crippen molar-refractivity contribution in [2.75, 3.05) is 33.2 Å². The van der Waals surface area contributed by atoms with E-state index in [2.05, 4.69) is 13.8 Å². The average Bonchev–Trinajstić information content (AvgIpc) is 2.47. The van der Waals surface area contributed by atoms with Gasteiger partial charge in [-0.15, -0.1) is 0 Å². The second kappa shape index (κ2) is 9.77. The van der Waals surface area contributed by atoms with Gasteiger partial charge in [-0.05, 0) is 26.7 Å². The van der Waals surface area contributed by atoms with E-state index in [1.54, 1.807) is 16.8 Å². The summed E-state index contributed by atoms with van der Waals surface area (Å²) in [6, 6.07) is 0. The summed E-state index contributed by atoms with van der Waals surface area (Å²) in [5.74, 6) is 0.00368. The van der Waals surface area contributed by atoms with E-state index in [4.69, 9.17) is 5.73 Å². The zero-order chi connectivity index (χ0) is 16.5. The average molecular weight is 299 g/mol. The van der Waals surface area contributed by atoms with Gasteiger partial charge >= 0.3 is 0 Å². The molecule has 0 aromatic rings. The Morgan fingerprint density at radius 1 is 1.00 bits per heavy atom. The maximum atomic E-state index is 12.8. The van der Waals surface area contributed by atoms with Gasteiger partial charge in [-0.1, -0.05) is 26.7 Å². The van der Waals surface area contributed by atoms with Crippen LogP contribution in [0, 0.1) is 5.41 Å². The molecule has 0 atom stereocenters. The third-order valence-corrected chi connectivity index (χ3v) is 4.14. The highest BCUT2D eigenvalue weighted by Crippen LogP contribution is 2.30. The molecule has 0 radical (unpaired) electrons. The van der Waals surface area contributed by atoms with E-state index < -0.39 is 5.41 Å². The number of rotatable bonds is 10. The molecule has 5 nitrogen and oxygen atoms in total. The largest absolute Gasteiger partial charge is 0.342 e. The molecule has 0 aliphatic rings. The molecule has 0 heterocycles. The molecular weight excluding hydrogens is 266 g/mol. The van der Waals surface area contributed by atoms with Crippen LogP contribution in [-0.4, -0.2) is 54.8 Å². The Kier molecular flexibility index (Phi) is 9.26. The van der Waals surface area contributed by atoms with E-state index >= 15 is 0 Å². The van der Waals surface area contributed by atoms with Crippen LogP contribution < -0.4 is 5.73 Å². The third-order valence-electron chi connectivity index (χ3n) is 4.14. The van der Waals surface area contributed by atoms with Crippen LogP contribution in [0.5, 0.6) is 0 Å². The molecule has 2 N–H and O–H groups in total. The highest BCUT2D eigenvalue weighted by molar-refractivity contribution is 5.88. The van der Waals surface area contributed by atoms with Gasteiger partial charge in [0.2, 0.25) is 11.8 Å². The van der Waals surface area contributed by atoms with Crippen LogP contribution in [0.4, 0.5) is 0 Å². The number of hydrogen-bond donors (Lipinski definition) is 1. The van der Waals surface area contributed by atoms with Crippen molar-refractivity contribution in [1.29, 1.82) is 0 Å². The summed E-state index contributed by atoms with van der Waals surface area (Å²) < 4.78 is 0. The highest BCUT2D eigenvalue weighted by atomic mass is 16.2. The lowest BCUT2D eigenvalue weighted by Gasteiger charge is -2.35. The Hall–Kier alpha value is -1.10. The van der Waals surface area contributed by atoms with Crippen LogP contribution >= 0.6 is 0 Å². The van der Waals surface area contributed by atoms with Gasteiger partial charge in [0, 0.05) is 26.7 Å². The predicted molar refractivity (Wildman–Crippen MR) is 86.9 cm³/mol. The lowest BCUT2D eigenvalue weighted by Crippen LogP contribution is -2.50. The molecule has 0 unspecified atom stereocenters. The van der Waals surface area contributed by atoms with Crippen molar-refractivity contribution in [3.05, 3.63) is 0 Å². The number of carbonyl (C=O) groups is 2. The quantitative estimate of drug-likeness (QED) is 0.669. The first-order valence-electron chi connectivity index (χ1n) is 8.15. The summed E-state index contributed by atoms with van der Waals surface area (Å²) in [7, 11) is 1.71. The van der Waals surface area contributed by atoms with Crippen molar-refractivity contribution >= 4 is 11.8 Å². The summed E-state index contributed by atoms with van der Waals surface area (Å²) in [4.78, 5) is 28.2. The van der Waals surface area contributed by atoms with Crippen LogP contribution in [0.15, 0.2) is 0 Å². The minimum absolute atomic E-state index is 0.00484. The molecule has 0 spiro atoms. The number of nitrogens with two attached hydrogens (primary N) is 1. The van der Waals surface area contributed by atoms with Crippen molar-refractivity contribution < 1.29 is 9.59 Å². The fourth-order valence-corrected chi connectivity index (χ4v) is 2.94. The molecule has 0 aliphatic heterocycles. The lowest BCUT2D eigenvalue weighted by atomic mass is 9.78. The molecular formula is C16H33N3O2. The summed E-state index contributed by atoms with van der Waals surface area (Å²) >= 11 is 0. The molecule has 0 bridgehead atoms. The van der Waals surface area contributed by atoms with Gasteiger partial charge < -0.3 is 15.5 Å². The number of likely N-dealkylation sites (N-methyl/N-ethyl adjacent to an activating group) is 2. The van der Waals surface area contributed by atoms with Gasteiger partial charge in [0.05, 0.1) is 12.0 Å². The topological polar surface area (TPSA) is 66.6 Å². The molecule has 0 rings (SSSR count). The van der Waals surface area contributed by atoms with Crippen molar-refractivity contribution in [1.82, 2.24) is 9.80 Å². The van der Waals surface area contributed by atoms with E-state index in [1.165, 1.54) is 0 Å². The van der Waals surface area contributed by atoms with Crippen LogP contribution in [0.25, 0.3) is 0 Å². The van der Waals surface area contributed by atoms with Crippen LogP contribution in [0.1, 0.15) is 53.4 Å². The summed E-state index contributed by atoms with van der Waals surface area (Å²) in [5, 5.41) is 0. The van der Waals surface area contributed by atoms with E-state index in [-0.39, 0.29) is 18.4 Å². The maximum Gasteiger partial charge on any atom is 0.242 e. The van der Waals surface area contributed by atoms with Gasteiger partial charge in [0.25, 0.3) is 0 Å². The summed E-state index contributed by atoms with van der Waals surface area (Å²) in [5.41, 5.74) is 5.41. The molecule has 0 saturated heterocycles. The molecule has 21 heavy (non-hydrogen) atoms. The SMILES string of the molecule is CCCC(CN)(CCC)C(=O)N(C)CC(=O)N(CC)CC. The molecule has 0 aromatic carbocycles. The number of amides is 2. The first-order valence-corrected chi connectivity index (χ1v) is 8.15. The standard InChI is InChI=1S/C16H33N3O2/c1-6-10-16(13-17,11-7-2)15(21)18(5)12-14(20)19(8-3)9-4/h6-13,17H2,1-5H3. The molecule has 5 heteroatoms. The minimum atomic E-state index is -0.512. The van der Waals surface area contributed by atoms with Crippen LogP contribution in [0.3, 0.4) is 0 Å². The van der Waals surface area contributed by atoms with Crippen LogP contribution in [-0.2, 0) is 9.59 Å². The van der Waals surface area contributed by atoms with Gasteiger partial charge in [-0.3, -0.25) is 9.59 Å². The summed E-state index contributed by atoms with van der Waals surface area (Å²) in [6.07, 6.45) is 3.39. The second-order valence-electron chi connectivity index (χ2n) is 5.71. The van der Waals surface area contributed by atoms with Gasteiger partial charge in [0.15, 0.2) is 0 Å². The highest BCUT2D eigenvalue weighted by Gasteiger charge is 2.37. The Morgan fingerprint density at radius 2 is 1.48 bits per heavy atom. The zero-order valence-electron chi connectivity index (χ0n) is 14.4. The van der Waals surface area contributed by atoms with Gasteiger partial charge in [-0.2, -0.15) is 0 Å². The number of carbonyl (C=O) groups excluding carboxylic acids is 2. The molecule has 0 fully saturated rings. The first-order chi connectivity index (χ1) is 9.92. The molecule has 2 amide bonds. The third kappa shape index (κ3) is 5.30. The molecule has 124 valence electrons. The van der Waals surface area contributed by atoms with Crippen molar-refractivity contribution in [3.8, 4) is 0 Å². The Morgan fingerprint density at radius 3 is 1.81 bits per heavy atom. The fourth-order valence-electron chi connectivity index (χ4n) is 2.94. The normalized spacial score (nSPS) is 11.3. The smallest absolute Gasteiger partial charge is 0.242 e. The monoisotopic (exact) mass is 299 g/mol. The molecule has 0 saturated carbocycles. The Labute approximate surface area is 129 Å². The fraction of sp³-hybridized carbons (Fsp3) is 0.875. The first kappa shape index (κ1) is 19.9. The van der Waals surface area contributed by atoms with Crippen molar-refractivity contribution in [3.63, 3.8) is 0 Å². The Bertz CT molecular complexity index is 321. The maximum absolute atomic E-state index is 12.8. The summed E-state index contributed by atoms with van der Waals surface area (Å²) in [6.45, 7) is 9.84. The van der Waals surface area contributed by atoms with Crippen LogP contribution in [0.2, 0.25) is 0 Å². The van der Waals surface area contributed by atoms with Crippen molar-refractivity contribution in [2.24, 2.45) is 11.1 Å². The molecule has 0 aromatic heterocycles.